The first kappa shape index (κ1) is 17.3. The molecule has 0 aromatic rings. The zero-order chi connectivity index (χ0) is 5.11. The molecule has 0 aromatic heterocycles. The van der Waals surface area contributed by atoms with Crippen molar-refractivity contribution in [3.63, 3.8) is 0 Å². The second-order valence-electron chi connectivity index (χ2n) is 2.12. The third-order valence-corrected chi connectivity index (χ3v) is 1.35. The number of hydrogen-bond donors (Lipinski definition) is 0. The topological polar surface area (TPSA) is 0 Å². The molecule has 1 aliphatic rings. The zero-order valence-electron chi connectivity index (χ0n) is 5.89. The van der Waals surface area contributed by atoms with Crippen molar-refractivity contribution in [3.05, 3.63) is 19.1 Å². The fourth-order valence-corrected chi connectivity index (χ4v) is 0.883. The molecular weight excluding hydrogens is 270 g/mol. The second-order valence-corrected chi connectivity index (χ2v) is 2.12. The van der Waals surface area contributed by atoms with Gasteiger partial charge in [-0.1, -0.05) is 12.2 Å². The van der Waals surface area contributed by atoms with Gasteiger partial charge in [-0.25, -0.2) is 0 Å². The largest absolute Gasteiger partial charge is 1.00 e. The molecule has 58 valence electrons. The van der Waals surface area contributed by atoms with Gasteiger partial charge in [0, 0.05) is 25.8 Å². The molecule has 0 saturated heterocycles. The van der Waals surface area contributed by atoms with Crippen LogP contribution in [0.4, 0.5) is 0 Å². The van der Waals surface area contributed by atoms with Crippen LogP contribution in [0.15, 0.2) is 12.2 Å². The van der Waals surface area contributed by atoms with Crippen molar-refractivity contribution in [2.75, 3.05) is 0 Å². The average Bonchev–Trinajstić information content (AvgIpc) is 1.69. The summed E-state index contributed by atoms with van der Waals surface area (Å²) < 4.78 is 0. The van der Waals surface area contributed by atoms with Gasteiger partial charge in [-0.15, -0.1) is 0 Å². The van der Waals surface area contributed by atoms with E-state index in [1.165, 1.54) is 19.3 Å². The minimum absolute atomic E-state index is 0. The minimum atomic E-state index is 0. The van der Waals surface area contributed by atoms with Crippen LogP contribution in [0.25, 0.3) is 0 Å². The molecule has 0 saturated carbocycles. The molecule has 0 aliphatic heterocycles. The number of allylic oxidation sites excluding steroid dienone is 2. The number of halogens is 2. The van der Waals surface area contributed by atoms with E-state index in [2.05, 4.69) is 19.1 Å². The SMILES string of the molecule is [CH2]C1C=CCCC1.[Cl-].[Cl-].[In]. The number of hydrogen-bond acceptors (Lipinski definition) is 0. The van der Waals surface area contributed by atoms with Crippen LogP contribution >= 0.6 is 0 Å². The van der Waals surface area contributed by atoms with Crippen molar-refractivity contribution in [1.29, 1.82) is 0 Å². The zero-order valence-corrected chi connectivity index (χ0v) is 10.7. The van der Waals surface area contributed by atoms with Crippen molar-refractivity contribution in [2.24, 2.45) is 5.92 Å². The Hall–Kier alpha value is 1.19. The summed E-state index contributed by atoms with van der Waals surface area (Å²) in [6.45, 7) is 3.91. The first-order valence-corrected chi connectivity index (χ1v) is 2.89. The van der Waals surface area contributed by atoms with Gasteiger partial charge in [-0.05, 0) is 32.1 Å². The van der Waals surface area contributed by atoms with E-state index in [0.29, 0.717) is 5.92 Å². The Bertz CT molecular complexity index is 83.7. The predicted molar refractivity (Wildman–Crippen MR) is 37.6 cm³/mol. The quantitative estimate of drug-likeness (QED) is 0.395. The van der Waals surface area contributed by atoms with Gasteiger partial charge in [0.2, 0.25) is 0 Å². The fourth-order valence-electron chi connectivity index (χ4n) is 0.883. The van der Waals surface area contributed by atoms with E-state index in [1.54, 1.807) is 0 Å². The summed E-state index contributed by atoms with van der Waals surface area (Å²) in [6, 6.07) is 0. The van der Waals surface area contributed by atoms with Gasteiger partial charge in [0.1, 0.15) is 0 Å². The summed E-state index contributed by atoms with van der Waals surface area (Å²) in [7, 11) is 0. The minimum Gasteiger partial charge on any atom is -1.00 e. The maximum Gasteiger partial charge on any atom is 0 e. The standard InChI is InChI=1S/C7H11.2ClH.In/c1-7-5-3-2-4-6-7;;;/h3,5,7H,1-2,4,6H2;2*1H;/p-2. The van der Waals surface area contributed by atoms with E-state index in [1.807, 2.05) is 0 Å². The van der Waals surface area contributed by atoms with Crippen LogP contribution in [0.2, 0.25) is 0 Å². The maximum atomic E-state index is 3.91. The maximum absolute atomic E-state index is 3.91. The molecule has 1 unspecified atom stereocenters. The molecule has 0 nitrogen and oxygen atoms in total. The first-order chi connectivity index (χ1) is 3.39. The van der Waals surface area contributed by atoms with E-state index in [4.69, 9.17) is 0 Å². The summed E-state index contributed by atoms with van der Waals surface area (Å²) in [4.78, 5) is 0. The summed E-state index contributed by atoms with van der Waals surface area (Å²) in [6.07, 6.45) is 8.32. The molecular formula is C7H11Cl2In-2. The first-order valence-electron chi connectivity index (χ1n) is 2.89. The Kier molecular flexibility index (Phi) is 17.7. The van der Waals surface area contributed by atoms with Gasteiger partial charge in [0.25, 0.3) is 0 Å². The third kappa shape index (κ3) is 7.30. The van der Waals surface area contributed by atoms with Crippen molar-refractivity contribution in [1.82, 2.24) is 0 Å². The molecule has 0 spiro atoms. The monoisotopic (exact) mass is 280 g/mol. The van der Waals surface area contributed by atoms with Crippen LogP contribution in [0.3, 0.4) is 0 Å². The molecule has 0 bridgehead atoms. The van der Waals surface area contributed by atoms with Gasteiger partial charge in [-0.2, -0.15) is 0 Å². The third-order valence-electron chi connectivity index (χ3n) is 1.35. The van der Waals surface area contributed by atoms with Gasteiger partial charge >= 0.3 is 0 Å². The molecule has 1 rings (SSSR count). The normalized spacial score (nSPS) is 21.5. The Labute approximate surface area is 94.4 Å². The van der Waals surface area contributed by atoms with Crippen LogP contribution in [-0.2, 0) is 0 Å². The van der Waals surface area contributed by atoms with Gasteiger partial charge in [0.05, 0.1) is 0 Å². The fraction of sp³-hybridized carbons (Fsp3) is 0.571. The van der Waals surface area contributed by atoms with Gasteiger partial charge < -0.3 is 24.8 Å². The Balaban J connectivity index is -0.000000163. The van der Waals surface area contributed by atoms with Crippen molar-refractivity contribution in [2.45, 2.75) is 19.3 Å². The van der Waals surface area contributed by atoms with Gasteiger partial charge in [-0.3, -0.25) is 0 Å². The molecule has 10 heavy (non-hydrogen) atoms. The van der Waals surface area contributed by atoms with Crippen LogP contribution < -0.4 is 24.8 Å². The van der Waals surface area contributed by atoms with Crippen molar-refractivity contribution < 1.29 is 24.8 Å². The molecule has 0 N–H and O–H groups in total. The Morgan fingerprint density at radius 3 is 2.10 bits per heavy atom. The van der Waals surface area contributed by atoms with Crippen LogP contribution in [0.5, 0.6) is 0 Å². The summed E-state index contributed by atoms with van der Waals surface area (Å²) in [5.74, 6) is 0.605. The van der Waals surface area contributed by atoms with E-state index in [9.17, 15) is 0 Å². The summed E-state index contributed by atoms with van der Waals surface area (Å²) >= 11 is 0. The molecule has 4 radical (unpaired) electrons. The van der Waals surface area contributed by atoms with E-state index in [-0.39, 0.29) is 50.7 Å². The molecule has 0 aromatic carbocycles. The molecule has 1 atom stereocenters. The smallest absolute Gasteiger partial charge is 0 e. The summed E-state index contributed by atoms with van der Waals surface area (Å²) in [5, 5.41) is 0. The van der Waals surface area contributed by atoms with Crippen LogP contribution in [0.1, 0.15) is 19.3 Å². The van der Waals surface area contributed by atoms with Gasteiger partial charge in [0.15, 0.2) is 0 Å². The molecule has 0 fully saturated rings. The van der Waals surface area contributed by atoms with Crippen LogP contribution in [-0.4, -0.2) is 25.8 Å². The summed E-state index contributed by atoms with van der Waals surface area (Å²) in [5.41, 5.74) is 0. The van der Waals surface area contributed by atoms with Crippen molar-refractivity contribution >= 4 is 25.8 Å². The molecule has 0 amide bonds. The molecule has 0 heterocycles. The second kappa shape index (κ2) is 10.2. The van der Waals surface area contributed by atoms with Crippen LogP contribution in [0, 0.1) is 12.8 Å². The predicted octanol–water partition coefficient (Wildman–Crippen LogP) is -4.20. The Morgan fingerprint density at radius 1 is 1.30 bits per heavy atom. The van der Waals surface area contributed by atoms with Crippen molar-refractivity contribution in [3.8, 4) is 0 Å². The Morgan fingerprint density at radius 2 is 1.90 bits per heavy atom. The van der Waals surface area contributed by atoms with E-state index in [0.717, 1.165) is 0 Å². The van der Waals surface area contributed by atoms with E-state index >= 15 is 0 Å². The van der Waals surface area contributed by atoms with E-state index < -0.39 is 0 Å². The number of rotatable bonds is 0. The molecule has 3 heteroatoms. The average molecular weight is 281 g/mol. The molecule has 1 aliphatic carbocycles.